The molecule has 0 aliphatic carbocycles. The molecule has 1 atom stereocenters. The fourth-order valence-corrected chi connectivity index (χ4v) is 3.13. The molecule has 134 valence electrons. The number of halogens is 3. The van der Waals surface area contributed by atoms with Crippen LogP contribution in [0.2, 0.25) is 5.02 Å². The number of primary amides is 1. The van der Waals surface area contributed by atoms with Gasteiger partial charge in [0.1, 0.15) is 6.10 Å². The van der Waals surface area contributed by atoms with Crippen molar-refractivity contribution in [1.29, 1.82) is 0 Å². The van der Waals surface area contributed by atoms with E-state index in [0.717, 1.165) is 10.7 Å². The van der Waals surface area contributed by atoms with Gasteiger partial charge in [0.15, 0.2) is 5.82 Å². The van der Waals surface area contributed by atoms with Gasteiger partial charge in [-0.2, -0.15) is 5.10 Å². The quantitative estimate of drug-likeness (QED) is 0.622. The summed E-state index contributed by atoms with van der Waals surface area (Å²) in [4.78, 5) is 11.3. The number of nitrogens with zero attached hydrogens (tertiary/aromatic N) is 2. The Labute approximate surface area is 162 Å². The van der Waals surface area contributed by atoms with Crippen molar-refractivity contribution in [2.45, 2.75) is 12.5 Å². The van der Waals surface area contributed by atoms with E-state index in [9.17, 15) is 9.18 Å². The molecule has 5 nitrogen and oxygen atoms in total. The van der Waals surface area contributed by atoms with Crippen LogP contribution in [-0.4, -0.2) is 15.9 Å². The zero-order valence-electron chi connectivity index (χ0n) is 13.4. The van der Waals surface area contributed by atoms with Gasteiger partial charge in [0.05, 0.1) is 17.6 Å². The number of aromatic nitrogens is 2. The molecule has 1 amide bonds. The van der Waals surface area contributed by atoms with E-state index in [-0.39, 0.29) is 12.1 Å². The van der Waals surface area contributed by atoms with E-state index < -0.39 is 18.0 Å². The first-order chi connectivity index (χ1) is 12.5. The number of hydrogen-bond acceptors (Lipinski definition) is 3. The van der Waals surface area contributed by atoms with Gasteiger partial charge < -0.3 is 10.5 Å². The van der Waals surface area contributed by atoms with E-state index in [4.69, 9.17) is 22.1 Å². The maximum atomic E-state index is 14.4. The predicted molar refractivity (Wildman–Crippen MR) is 99.8 cm³/mol. The molecule has 2 N–H and O–H groups in total. The lowest BCUT2D eigenvalue weighted by molar-refractivity contribution is 0.105. The molecule has 0 saturated carbocycles. The SMILES string of the molecule is NC(=O)O[C@H](Cc1c(F)cnn1-c1ccc(Br)cc1)c1ccccc1Cl. The Morgan fingerprint density at radius 1 is 1.27 bits per heavy atom. The van der Waals surface area contributed by atoms with Crippen LogP contribution >= 0.6 is 27.5 Å². The second kappa shape index (κ2) is 7.88. The van der Waals surface area contributed by atoms with E-state index in [1.54, 1.807) is 36.4 Å². The predicted octanol–water partition coefficient (Wildman–Crippen LogP) is 4.81. The van der Waals surface area contributed by atoms with Crippen LogP contribution in [0.15, 0.2) is 59.2 Å². The Kier molecular flexibility index (Phi) is 5.58. The number of hydrogen-bond donors (Lipinski definition) is 1. The number of amides is 1. The molecular formula is C18H14BrClFN3O2. The van der Waals surface area contributed by atoms with Gasteiger partial charge in [0.2, 0.25) is 0 Å². The van der Waals surface area contributed by atoms with Crippen molar-refractivity contribution in [3.05, 3.63) is 81.3 Å². The average Bonchev–Trinajstić information content (AvgIpc) is 2.96. The molecule has 1 heterocycles. The van der Waals surface area contributed by atoms with Crippen LogP contribution in [0, 0.1) is 5.82 Å². The van der Waals surface area contributed by atoms with E-state index in [1.807, 2.05) is 12.1 Å². The van der Waals surface area contributed by atoms with Crippen LogP contribution in [-0.2, 0) is 11.2 Å². The third-order valence-electron chi connectivity index (χ3n) is 3.78. The smallest absolute Gasteiger partial charge is 0.405 e. The van der Waals surface area contributed by atoms with Gasteiger partial charge in [-0.25, -0.2) is 13.9 Å². The Hall–Kier alpha value is -2.38. The Balaban J connectivity index is 1.99. The van der Waals surface area contributed by atoms with Gasteiger partial charge in [-0.3, -0.25) is 0 Å². The number of carbonyl (C=O) groups excluding carboxylic acids is 1. The van der Waals surface area contributed by atoms with E-state index in [2.05, 4.69) is 21.0 Å². The summed E-state index contributed by atoms with van der Waals surface area (Å²) in [6, 6.07) is 14.1. The number of benzene rings is 2. The van der Waals surface area contributed by atoms with Gasteiger partial charge in [-0.15, -0.1) is 0 Å². The van der Waals surface area contributed by atoms with E-state index >= 15 is 0 Å². The molecule has 0 spiro atoms. The molecule has 26 heavy (non-hydrogen) atoms. The maximum absolute atomic E-state index is 14.4. The van der Waals surface area contributed by atoms with Gasteiger partial charge in [0.25, 0.3) is 0 Å². The van der Waals surface area contributed by atoms with E-state index in [0.29, 0.717) is 16.3 Å². The highest BCUT2D eigenvalue weighted by atomic mass is 79.9. The summed E-state index contributed by atoms with van der Waals surface area (Å²) in [6.45, 7) is 0. The molecule has 3 aromatic rings. The minimum Gasteiger partial charge on any atom is -0.441 e. The number of carbonyl (C=O) groups is 1. The van der Waals surface area contributed by atoms with Crippen LogP contribution in [0.3, 0.4) is 0 Å². The minimum atomic E-state index is -0.968. The fourth-order valence-electron chi connectivity index (χ4n) is 2.61. The Morgan fingerprint density at radius 2 is 1.96 bits per heavy atom. The normalized spacial score (nSPS) is 12.0. The second-order valence-corrected chi connectivity index (χ2v) is 6.80. The number of rotatable bonds is 5. The summed E-state index contributed by atoms with van der Waals surface area (Å²) in [5.41, 5.74) is 6.64. The second-order valence-electron chi connectivity index (χ2n) is 5.48. The lowest BCUT2D eigenvalue weighted by atomic mass is 10.0. The third-order valence-corrected chi connectivity index (χ3v) is 4.65. The number of ether oxygens (including phenoxy) is 1. The first-order valence-electron chi connectivity index (χ1n) is 7.64. The lowest BCUT2D eigenvalue weighted by Crippen LogP contribution is -2.20. The van der Waals surface area contributed by atoms with Crippen molar-refractivity contribution in [2.75, 3.05) is 0 Å². The van der Waals surface area contributed by atoms with Crippen molar-refractivity contribution in [1.82, 2.24) is 9.78 Å². The first kappa shape index (κ1) is 18.4. The molecule has 0 aliphatic heterocycles. The van der Waals surface area contributed by atoms with Crippen LogP contribution in [0.4, 0.5) is 9.18 Å². The topological polar surface area (TPSA) is 70.1 Å². The number of nitrogens with two attached hydrogens (primary N) is 1. The third kappa shape index (κ3) is 4.05. The van der Waals surface area contributed by atoms with E-state index in [1.165, 1.54) is 4.68 Å². The molecule has 3 rings (SSSR count). The largest absolute Gasteiger partial charge is 0.441 e. The average molecular weight is 439 g/mol. The first-order valence-corrected chi connectivity index (χ1v) is 8.81. The van der Waals surface area contributed by atoms with Crippen LogP contribution in [0.5, 0.6) is 0 Å². The molecule has 0 bridgehead atoms. The molecule has 0 aliphatic rings. The van der Waals surface area contributed by atoms with Crippen molar-refractivity contribution in [3.63, 3.8) is 0 Å². The monoisotopic (exact) mass is 437 g/mol. The molecule has 8 heteroatoms. The van der Waals surface area contributed by atoms with Crippen molar-refractivity contribution < 1.29 is 13.9 Å². The summed E-state index contributed by atoms with van der Waals surface area (Å²) in [5.74, 6) is -0.516. The van der Waals surface area contributed by atoms with Crippen LogP contribution in [0.25, 0.3) is 5.69 Å². The molecular weight excluding hydrogens is 425 g/mol. The van der Waals surface area contributed by atoms with Crippen molar-refractivity contribution >= 4 is 33.6 Å². The molecule has 0 radical (unpaired) electrons. The Bertz CT molecular complexity index is 930. The molecule has 0 fully saturated rings. The summed E-state index contributed by atoms with van der Waals surface area (Å²) in [6.07, 6.45) is -0.675. The van der Waals surface area contributed by atoms with Gasteiger partial charge in [-0.05, 0) is 30.3 Å². The van der Waals surface area contributed by atoms with Gasteiger partial charge in [0, 0.05) is 21.5 Å². The van der Waals surface area contributed by atoms with Crippen LogP contribution in [0.1, 0.15) is 17.4 Å². The minimum absolute atomic E-state index is 0.0224. The highest BCUT2D eigenvalue weighted by molar-refractivity contribution is 9.10. The maximum Gasteiger partial charge on any atom is 0.405 e. The molecule has 1 aromatic heterocycles. The lowest BCUT2D eigenvalue weighted by Gasteiger charge is -2.19. The zero-order valence-corrected chi connectivity index (χ0v) is 15.7. The van der Waals surface area contributed by atoms with Gasteiger partial charge >= 0.3 is 6.09 Å². The fraction of sp³-hybridized carbons (Fsp3) is 0.111. The highest BCUT2D eigenvalue weighted by Gasteiger charge is 2.23. The molecule has 2 aromatic carbocycles. The summed E-state index contributed by atoms with van der Waals surface area (Å²) < 4.78 is 21.9. The van der Waals surface area contributed by atoms with Crippen molar-refractivity contribution in [2.24, 2.45) is 5.73 Å². The summed E-state index contributed by atoms with van der Waals surface area (Å²) >= 11 is 9.56. The molecule has 0 saturated heterocycles. The summed E-state index contributed by atoms with van der Waals surface area (Å²) in [5, 5.41) is 4.48. The van der Waals surface area contributed by atoms with Crippen molar-refractivity contribution in [3.8, 4) is 5.69 Å². The Morgan fingerprint density at radius 3 is 2.62 bits per heavy atom. The summed E-state index contributed by atoms with van der Waals surface area (Å²) in [7, 11) is 0. The highest BCUT2D eigenvalue weighted by Crippen LogP contribution is 2.30. The van der Waals surface area contributed by atoms with Crippen LogP contribution < -0.4 is 5.73 Å². The van der Waals surface area contributed by atoms with Gasteiger partial charge in [-0.1, -0.05) is 45.7 Å². The zero-order chi connectivity index (χ0) is 18.7. The standard InChI is InChI=1S/C18H14BrClFN3O2/c19-11-5-7-12(8-6-11)24-16(15(21)10-23-24)9-17(26-18(22)25)13-3-1-2-4-14(13)20/h1-8,10,17H,9H2,(H2,22,25)/t17-/m1/s1. The molecule has 0 unspecified atom stereocenters.